The van der Waals surface area contributed by atoms with Crippen molar-refractivity contribution in [2.45, 2.75) is 38.8 Å². The van der Waals surface area contributed by atoms with Crippen LogP contribution < -0.4 is 16.4 Å². The Morgan fingerprint density at radius 1 is 0.889 bits per heavy atom. The predicted octanol–water partition coefficient (Wildman–Crippen LogP) is 1.26. The summed E-state index contributed by atoms with van der Waals surface area (Å²) in [6.45, 7) is 3.30. The van der Waals surface area contributed by atoms with Crippen molar-refractivity contribution in [3.8, 4) is 0 Å². The minimum atomic E-state index is -0.855. The first-order chi connectivity index (χ1) is 12.8. The van der Waals surface area contributed by atoms with Gasteiger partial charge in [-0.3, -0.25) is 14.4 Å². The van der Waals surface area contributed by atoms with Gasteiger partial charge in [-0.2, -0.15) is 0 Å². The van der Waals surface area contributed by atoms with Crippen LogP contribution in [0.3, 0.4) is 0 Å². The number of primary amides is 1. The van der Waals surface area contributed by atoms with Gasteiger partial charge in [0, 0.05) is 19.8 Å². The molecule has 6 nitrogen and oxygen atoms in total. The summed E-state index contributed by atoms with van der Waals surface area (Å²) in [5, 5.41) is 5.32. The van der Waals surface area contributed by atoms with Crippen LogP contribution in [0, 0.1) is 6.92 Å². The van der Waals surface area contributed by atoms with E-state index < -0.39 is 23.9 Å². The van der Waals surface area contributed by atoms with Gasteiger partial charge >= 0.3 is 0 Å². The fourth-order valence-corrected chi connectivity index (χ4v) is 2.87. The van der Waals surface area contributed by atoms with Crippen molar-refractivity contribution in [1.29, 1.82) is 0 Å². The molecule has 0 fully saturated rings. The highest BCUT2D eigenvalue weighted by atomic mass is 16.2. The first-order valence-electron chi connectivity index (χ1n) is 8.81. The number of carbonyl (C=O) groups is 3. The highest BCUT2D eigenvalue weighted by Crippen LogP contribution is 2.08. The summed E-state index contributed by atoms with van der Waals surface area (Å²) in [7, 11) is 0. The number of hydrogen-bond donors (Lipinski definition) is 3. The van der Waals surface area contributed by atoms with Gasteiger partial charge in [-0.1, -0.05) is 60.2 Å². The molecule has 0 aliphatic rings. The smallest absolute Gasteiger partial charge is 0.243 e. The first kappa shape index (κ1) is 20.2. The summed E-state index contributed by atoms with van der Waals surface area (Å²) in [5.74, 6) is -1.38. The van der Waals surface area contributed by atoms with E-state index in [0.29, 0.717) is 12.8 Å². The van der Waals surface area contributed by atoms with E-state index in [0.717, 1.165) is 16.7 Å². The average Bonchev–Trinajstić information content (AvgIpc) is 2.61. The molecule has 0 heterocycles. The number of hydrogen-bond acceptors (Lipinski definition) is 3. The van der Waals surface area contributed by atoms with Crippen LogP contribution >= 0.6 is 0 Å². The second-order valence-corrected chi connectivity index (χ2v) is 6.60. The fraction of sp³-hybridized carbons (Fsp3) is 0.286. The second-order valence-electron chi connectivity index (χ2n) is 6.60. The zero-order valence-corrected chi connectivity index (χ0v) is 15.6. The molecule has 0 bridgehead atoms. The summed E-state index contributed by atoms with van der Waals surface area (Å²) in [6, 6.07) is 15.4. The number of amides is 3. The third-order valence-corrected chi connectivity index (χ3v) is 4.16. The molecule has 3 amide bonds. The largest absolute Gasteiger partial charge is 0.368 e. The zero-order valence-electron chi connectivity index (χ0n) is 15.6. The molecule has 0 saturated heterocycles. The Morgan fingerprint density at radius 3 is 2.11 bits per heavy atom. The Balaban J connectivity index is 2.11. The monoisotopic (exact) mass is 367 g/mol. The van der Waals surface area contributed by atoms with Crippen LogP contribution in [0.15, 0.2) is 54.6 Å². The SMILES string of the molecule is CC(=O)N[C@@H](Cc1ccccc1)C(=O)N[C@@H](Cc1cccc(C)c1)C(N)=O. The van der Waals surface area contributed by atoms with Crippen molar-refractivity contribution in [2.24, 2.45) is 5.73 Å². The van der Waals surface area contributed by atoms with E-state index in [4.69, 9.17) is 5.73 Å². The Morgan fingerprint density at radius 2 is 1.52 bits per heavy atom. The van der Waals surface area contributed by atoms with Gasteiger partial charge in [-0.15, -0.1) is 0 Å². The van der Waals surface area contributed by atoms with Gasteiger partial charge in [0.25, 0.3) is 0 Å². The second kappa shape index (κ2) is 9.52. The number of rotatable bonds is 8. The lowest BCUT2D eigenvalue weighted by atomic mass is 10.0. The Hall–Kier alpha value is -3.15. The molecular formula is C21H25N3O3. The topological polar surface area (TPSA) is 101 Å². The molecule has 27 heavy (non-hydrogen) atoms. The van der Waals surface area contributed by atoms with Crippen LogP contribution in [0.25, 0.3) is 0 Å². The molecule has 0 aliphatic carbocycles. The molecule has 2 aromatic rings. The maximum Gasteiger partial charge on any atom is 0.243 e. The Bertz CT molecular complexity index is 805. The molecule has 142 valence electrons. The van der Waals surface area contributed by atoms with E-state index in [2.05, 4.69) is 10.6 Å². The number of aryl methyl sites for hydroxylation is 1. The lowest BCUT2D eigenvalue weighted by Crippen LogP contribution is -2.54. The third-order valence-electron chi connectivity index (χ3n) is 4.16. The van der Waals surface area contributed by atoms with Crippen molar-refractivity contribution >= 4 is 17.7 Å². The molecule has 2 atom stereocenters. The molecule has 0 unspecified atom stereocenters. The number of nitrogens with two attached hydrogens (primary N) is 1. The maximum atomic E-state index is 12.7. The fourth-order valence-electron chi connectivity index (χ4n) is 2.87. The van der Waals surface area contributed by atoms with Gasteiger partial charge in [-0.05, 0) is 18.1 Å². The standard InChI is InChI=1S/C21H25N3O3/c1-14-7-6-10-17(11-14)13-18(20(22)26)24-21(27)19(23-15(2)25)12-16-8-4-3-5-9-16/h3-11,18-19H,12-13H2,1-2H3,(H2,22,26)(H,23,25)(H,24,27)/t18-,19-/m0/s1. The van der Waals surface area contributed by atoms with Gasteiger partial charge in [0.15, 0.2) is 0 Å². The van der Waals surface area contributed by atoms with E-state index in [1.54, 1.807) is 0 Å². The quantitative estimate of drug-likeness (QED) is 0.654. The van der Waals surface area contributed by atoms with Crippen molar-refractivity contribution in [2.75, 3.05) is 0 Å². The molecule has 4 N–H and O–H groups in total. The molecule has 2 aromatic carbocycles. The van der Waals surface area contributed by atoms with Crippen molar-refractivity contribution in [3.05, 3.63) is 71.3 Å². The number of carbonyl (C=O) groups excluding carboxylic acids is 3. The van der Waals surface area contributed by atoms with Crippen LogP contribution in [0.2, 0.25) is 0 Å². The minimum absolute atomic E-state index is 0.293. The predicted molar refractivity (Wildman–Crippen MR) is 104 cm³/mol. The van der Waals surface area contributed by atoms with Crippen LogP contribution in [0.4, 0.5) is 0 Å². The van der Waals surface area contributed by atoms with Gasteiger partial charge < -0.3 is 16.4 Å². The summed E-state index contributed by atoms with van der Waals surface area (Å²) in [6.07, 6.45) is 0.614. The lowest BCUT2D eigenvalue weighted by molar-refractivity contribution is -0.130. The number of nitrogens with one attached hydrogen (secondary N) is 2. The minimum Gasteiger partial charge on any atom is -0.368 e. The lowest BCUT2D eigenvalue weighted by Gasteiger charge is -2.22. The summed E-state index contributed by atoms with van der Waals surface area (Å²) >= 11 is 0. The van der Waals surface area contributed by atoms with E-state index in [9.17, 15) is 14.4 Å². The molecule has 6 heteroatoms. The Labute approximate surface area is 159 Å². The average molecular weight is 367 g/mol. The zero-order chi connectivity index (χ0) is 19.8. The highest BCUT2D eigenvalue weighted by Gasteiger charge is 2.25. The first-order valence-corrected chi connectivity index (χ1v) is 8.81. The van der Waals surface area contributed by atoms with Crippen LogP contribution in [0.1, 0.15) is 23.6 Å². The van der Waals surface area contributed by atoms with Gasteiger partial charge in [0.05, 0.1) is 0 Å². The van der Waals surface area contributed by atoms with E-state index >= 15 is 0 Å². The van der Waals surface area contributed by atoms with E-state index in [1.807, 2.05) is 61.5 Å². The molecule has 0 saturated carbocycles. The van der Waals surface area contributed by atoms with E-state index in [-0.39, 0.29) is 5.91 Å². The molecular weight excluding hydrogens is 342 g/mol. The molecule has 0 spiro atoms. The summed E-state index contributed by atoms with van der Waals surface area (Å²) < 4.78 is 0. The summed E-state index contributed by atoms with van der Waals surface area (Å²) in [4.78, 5) is 36.1. The Kier molecular flexibility index (Phi) is 7.11. The third kappa shape index (κ3) is 6.58. The normalized spacial score (nSPS) is 12.7. The van der Waals surface area contributed by atoms with E-state index in [1.165, 1.54) is 6.92 Å². The maximum absolute atomic E-state index is 12.7. The molecule has 0 radical (unpaired) electrons. The van der Waals surface area contributed by atoms with Crippen molar-refractivity contribution in [3.63, 3.8) is 0 Å². The number of benzene rings is 2. The van der Waals surface area contributed by atoms with Gasteiger partial charge in [-0.25, -0.2) is 0 Å². The van der Waals surface area contributed by atoms with Crippen molar-refractivity contribution < 1.29 is 14.4 Å². The summed E-state index contributed by atoms with van der Waals surface area (Å²) in [5.41, 5.74) is 8.35. The van der Waals surface area contributed by atoms with Gasteiger partial charge in [0.2, 0.25) is 17.7 Å². The highest BCUT2D eigenvalue weighted by molar-refractivity contribution is 5.91. The molecule has 0 aliphatic heterocycles. The molecule has 0 aromatic heterocycles. The molecule has 2 rings (SSSR count). The van der Waals surface area contributed by atoms with Crippen LogP contribution in [-0.4, -0.2) is 29.8 Å². The van der Waals surface area contributed by atoms with Gasteiger partial charge in [0.1, 0.15) is 12.1 Å². The van der Waals surface area contributed by atoms with Crippen molar-refractivity contribution in [1.82, 2.24) is 10.6 Å². The van der Waals surface area contributed by atoms with Crippen LogP contribution in [0.5, 0.6) is 0 Å². The van der Waals surface area contributed by atoms with Crippen LogP contribution in [-0.2, 0) is 27.2 Å².